The molecule has 0 aliphatic carbocycles. The Morgan fingerprint density at radius 1 is 1.10 bits per heavy atom. The summed E-state index contributed by atoms with van der Waals surface area (Å²) in [5.41, 5.74) is -1.60. The van der Waals surface area contributed by atoms with Crippen molar-refractivity contribution in [1.82, 2.24) is 25.3 Å². The lowest BCUT2D eigenvalue weighted by molar-refractivity contribution is -0.273. The first-order chi connectivity index (χ1) is 18.8. The second kappa shape index (κ2) is 12.3. The number of halogens is 3. The Morgan fingerprint density at radius 2 is 1.77 bits per heavy atom. The van der Waals surface area contributed by atoms with Gasteiger partial charge in [-0.05, 0) is 42.5 Å². The van der Waals surface area contributed by atoms with Gasteiger partial charge >= 0.3 is 6.18 Å². The number of H-pyrrole nitrogens is 1. The number of aromatic nitrogens is 4. The third kappa shape index (κ3) is 6.85. The van der Waals surface area contributed by atoms with Crippen molar-refractivity contribution in [3.63, 3.8) is 0 Å². The molecule has 0 fully saturated rings. The Labute approximate surface area is 228 Å². The maximum atomic E-state index is 13.4. The van der Waals surface area contributed by atoms with Crippen molar-refractivity contribution in [1.29, 1.82) is 0 Å². The number of unbranched alkanes of at least 4 members (excludes halogenated alkanes) is 1. The monoisotopic (exact) mass is 563 g/mol. The van der Waals surface area contributed by atoms with E-state index in [0.717, 1.165) is 29.2 Å². The van der Waals surface area contributed by atoms with Crippen molar-refractivity contribution in [2.45, 2.75) is 71.6 Å². The molecule has 11 nitrogen and oxygen atoms in total. The number of aromatic amines is 1. The standard InChI is InChI=1S/C26H31F3N6O5/c1-5-7-8-17(19(36)21(37)31-18-13-14-30-32-18)35(24(38)39)20(25(3,4)6-2)23-34-33-22(40-23)15-9-11-16(12-10-15)26(27,28)29/h9-14,17,20H,5-8H2,1-4H3,(H,38,39)(H2,30,31,32,37)/p-1/t17-,20+/m0/s1. The van der Waals surface area contributed by atoms with E-state index in [1.54, 1.807) is 20.8 Å². The number of anilines is 1. The fraction of sp³-hybridized carbons (Fsp3) is 0.462. The highest BCUT2D eigenvalue weighted by molar-refractivity contribution is 6.42. The van der Waals surface area contributed by atoms with Crippen LogP contribution in [0.25, 0.3) is 11.5 Å². The summed E-state index contributed by atoms with van der Waals surface area (Å²) in [5.74, 6) is -2.27. The molecule has 40 heavy (non-hydrogen) atoms. The van der Waals surface area contributed by atoms with E-state index in [9.17, 15) is 32.7 Å². The summed E-state index contributed by atoms with van der Waals surface area (Å²) in [5, 5.41) is 29.2. The lowest BCUT2D eigenvalue weighted by Crippen LogP contribution is -2.57. The van der Waals surface area contributed by atoms with Gasteiger partial charge in [0, 0.05) is 11.6 Å². The zero-order valence-electron chi connectivity index (χ0n) is 22.4. The Hall–Kier alpha value is -4.23. The van der Waals surface area contributed by atoms with Gasteiger partial charge in [-0.1, -0.05) is 40.5 Å². The number of ketones is 1. The Balaban J connectivity index is 2.04. The van der Waals surface area contributed by atoms with E-state index < -0.39 is 47.0 Å². The van der Waals surface area contributed by atoms with Crippen LogP contribution in [0.3, 0.4) is 0 Å². The average Bonchev–Trinajstić information content (AvgIpc) is 3.60. The average molecular weight is 564 g/mol. The number of hydrogen-bond donors (Lipinski definition) is 2. The molecule has 2 N–H and O–H groups in total. The predicted molar refractivity (Wildman–Crippen MR) is 134 cm³/mol. The molecule has 1 aromatic carbocycles. The molecule has 14 heteroatoms. The van der Waals surface area contributed by atoms with Crippen LogP contribution in [-0.2, 0) is 15.8 Å². The molecule has 0 saturated carbocycles. The molecule has 0 saturated heterocycles. The maximum Gasteiger partial charge on any atom is 0.416 e. The number of alkyl halides is 3. The number of carboxylic acid groups (broad SMARTS) is 1. The third-order valence-corrected chi connectivity index (χ3v) is 6.72. The number of hydrogen-bond acceptors (Lipinski definition) is 8. The highest BCUT2D eigenvalue weighted by Gasteiger charge is 2.44. The predicted octanol–water partition coefficient (Wildman–Crippen LogP) is 4.37. The van der Waals surface area contributed by atoms with Crippen LogP contribution in [0.5, 0.6) is 0 Å². The number of carbonyl (C=O) groups is 3. The molecule has 216 valence electrons. The van der Waals surface area contributed by atoms with E-state index in [0.29, 0.717) is 19.3 Å². The van der Waals surface area contributed by atoms with Gasteiger partial charge in [0.15, 0.2) is 0 Å². The topological polar surface area (TPSA) is 157 Å². The van der Waals surface area contributed by atoms with Crippen LogP contribution in [0.2, 0.25) is 0 Å². The number of Topliss-reactive ketones (excluding diaryl/α,β-unsaturated/α-hetero) is 1. The number of nitrogens with one attached hydrogen (secondary N) is 2. The number of nitrogens with zero attached hydrogens (tertiary/aromatic N) is 4. The van der Waals surface area contributed by atoms with Crippen molar-refractivity contribution < 1.29 is 37.1 Å². The Morgan fingerprint density at radius 3 is 2.30 bits per heavy atom. The molecular weight excluding hydrogens is 533 g/mol. The van der Waals surface area contributed by atoms with Crippen molar-refractivity contribution in [3.05, 3.63) is 48.0 Å². The molecule has 0 aliphatic heterocycles. The maximum absolute atomic E-state index is 13.4. The van der Waals surface area contributed by atoms with Crippen LogP contribution in [-0.4, -0.2) is 49.1 Å². The van der Waals surface area contributed by atoms with Gasteiger partial charge in [0.1, 0.15) is 18.0 Å². The van der Waals surface area contributed by atoms with Gasteiger partial charge in [-0.25, -0.2) is 0 Å². The van der Waals surface area contributed by atoms with E-state index in [-0.39, 0.29) is 29.6 Å². The summed E-state index contributed by atoms with van der Waals surface area (Å²) in [7, 11) is 0. The SMILES string of the molecule is CCCC[C@@H](C(=O)C(=O)Nc1ccn[nH]1)N(C(=O)[O-])[C@H](c1nnc(-c2ccc(C(F)(F)F)cc2)o1)C(C)(C)CC. The largest absolute Gasteiger partial charge is 0.530 e. The fourth-order valence-electron chi connectivity index (χ4n) is 4.15. The molecule has 0 bridgehead atoms. The third-order valence-electron chi connectivity index (χ3n) is 6.72. The molecule has 2 atom stereocenters. The summed E-state index contributed by atoms with van der Waals surface area (Å²) < 4.78 is 44.7. The molecule has 0 aliphatic rings. The zero-order valence-corrected chi connectivity index (χ0v) is 22.4. The van der Waals surface area contributed by atoms with E-state index in [1.165, 1.54) is 12.3 Å². The van der Waals surface area contributed by atoms with E-state index in [4.69, 9.17) is 4.42 Å². The van der Waals surface area contributed by atoms with Crippen LogP contribution in [0.4, 0.5) is 23.8 Å². The molecule has 0 radical (unpaired) electrons. The van der Waals surface area contributed by atoms with Gasteiger partial charge in [0.25, 0.3) is 5.91 Å². The molecule has 3 aromatic rings. The van der Waals surface area contributed by atoms with Crippen LogP contribution in [0, 0.1) is 5.41 Å². The summed E-state index contributed by atoms with van der Waals surface area (Å²) in [6, 6.07) is 2.77. The number of carbonyl (C=O) groups excluding carboxylic acids is 3. The van der Waals surface area contributed by atoms with Crippen molar-refractivity contribution in [3.8, 4) is 11.5 Å². The van der Waals surface area contributed by atoms with Crippen molar-refractivity contribution >= 4 is 23.6 Å². The smallest absolute Gasteiger partial charge is 0.416 e. The van der Waals surface area contributed by atoms with Gasteiger partial charge in [-0.15, -0.1) is 10.2 Å². The molecule has 2 aromatic heterocycles. The highest BCUT2D eigenvalue weighted by Crippen LogP contribution is 2.43. The van der Waals surface area contributed by atoms with Gasteiger partial charge < -0.3 is 24.5 Å². The van der Waals surface area contributed by atoms with Gasteiger partial charge in [0.2, 0.25) is 17.6 Å². The van der Waals surface area contributed by atoms with Crippen molar-refractivity contribution in [2.75, 3.05) is 5.32 Å². The summed E-state index contributed by atoms with van der Waals surface area (Å²) in [6.45, 7) is 7.09. The molecule has 0 spiro atoms. The van der Waals surface area contributed by atoms with Crippen LogP contribution >= 0.6 is 0 Å². The Bertz CT molecular complexity index is 1310. The van der Waals surface area contributed by atoms with E-state index in [1.807, 2.05) is 6.92 Å². The molecular formula is C26H30F3N6O5-. The highest BCUT2D eigenvalue weighted by atomic mass is 19.4. The lowest BCUT2D eigenvalue weighted by atomic mass is 9.79. The first-order valence-electron chi connectivity index (χ1n) is 12.6. The van der Waals surface area contributed by atoms with Crippen LogP contribution < -0.4 is 10.4 Å². The quantitative estimate of drug-likeness (QED) is 0.308. The number of amides is 2. The van der Waals surface area contributed by atoms with Gasteiger partial charge in [-0.3, -0.25) is 14.7 Å². The molecule has 2 amide bonds. The van der Waals surface area contributed by atoms with Crippen LogP contribution in [0.15, 0.2) is 40.9 Å². The van der Waals surface area contributed by atoms with E-state index in [2.05, 4.69) is 25.7 Å². The first-order valence-corrected chi connectivity index (χ1v) is 12.6. The molecule has 2 heterocycles. The summed E-state index contributed by atoms with van der Waals surface area (Å²) >= 11 is 0. The summed E-state index contributed by atoms with van der Waals surface area (Å²) in [6.07, 6.45) is -3.49. The first kappa shape index (κ1) is 30.3. The van der Waals surface area contributed by atoms with Gasteiger partial charge in [0.05, 0.1) is 17.8 Å². The Kier molecular flexibility index (Phi) is 9.32. The second-order valence-electron chi connectivity index (χ2n) is 9.89. The van der Waals surface area contributed by atoms with E-state index >= 15 is 0 Å². The molecule has 0 unspecified atom stereocenters. The fourth-order valence-corrected chi connectivity index (χ4v) is 4.15. The normalized spacial score (nSPS) is 13.5. The second-order valence-corrected chi connectivity index (χ2v) is 9.89. The zero-order chi connectivity index (χ0) is 29.7. The van der Waals surface area contributed by atoms with Crippen molar-refractivity contribution in [2.24, 2.45) is 5.41 Å². The van der Waals surface area contributed by atoms with Crippen LogP contribution in [0.1, 0.15) is 70.9 Å². The lowest BCUT2D eigenvalue weighted by Gasteiger charge is -2.44. The minimum Gasteiger partial charge on any atom is -0.530 e. The molecule has 3 rings (SSSR count). The number of benzene rings is 1. The van der Waals surface area contributed by atoms with Gasteiger partial charge in [-0.2, -0.15) is 18.3 Å². The number of rotatable bonds is 12. The minimum atomic E-state index is -4.53. The summed E-state index contributed by atoms with van der Waals surface area (Å²) in [4.78, 5) is 39.6. The minimum absolute atomic E-state index is 0.00982.